The van der Waals surface area contributed by atoms with Crippen molar-refractivity contribution in [1.82, 2.24) is 0 Å². The third-order valence-corrected chi connectivity index (χ3v) is 17.0. The van der Waals surface area contributed by atoms with Crippen LogP contribution in [0.25, 0.3) is 66.1 Å². The summed E-state index contributed by atoms with van der Waals surface area (Å²) in [6.07, 6.45) is 7.50. The van der Waals surface area contributed by atoms with Crippen LogP contribution in [0.4, 0.5) is 0 Å². The van der Waals surface area contributed by atoms with Crippen LogP contribution in [0.3, 0.4) is 0 Å². The van der Waals surface area contributed by atoms with Crippen LogP contribution in [-0.2, 0) is 25.8 Å². The van der Waals surface area contributed by atoms with Gasteiger partial charge in [-0.3, -0.25) is 0 Å². The molecule has 56 heavy (non-hydrogen) atoms. The summed E-state index contributed by atoms with van der Waals surface area (Å²) < 4.78 is 0. The molecule has 0 bridgehead atoms. The second kappa shape index (κ2) is 19.7. The van der Waals surface area contributed by atoms with E-state index < -0.39 is 8.07 Å². The van der Waals surface area contributed by atoms with E-state index in [1.165, 1.54) is 117 Å². The SMILES string of the molecule is CCCCC[Si](CCCCC)(c1c(-c2ccc(-c3ccccc3)cc2)[cH-]c2ccccc12)c1c(-c2ccc(-c3ccccc3)cc2)[cH-]c2ccccc12.[CH3-].[CH3-].[Hf+4]. The molecule has 0 aliphatic heterocycles. The predicted octanol–water partition coefficient (Wildman–Crippen LogP) is 14.9. The maximum absolute atomic E-state index is 2.53. The van der Waals surface area contributed by atoms with Gasteiger partial charge >= 0.3 is 25.8 Å². The van der Waals surface area contributed by atoms with Gasteiger partial charge in [0.25, 0.3) is 0 Å². The smallest absolute Gasteiger partial charge is 0.358 e. The Morgan fingerprint density at radius 2 is 0.696 bits per heavy atom. The van der Waals surface area contributed by atoms with E-state index in [4.69, 9.17) is 0 Å². The van der Waals surface area contributed by atoms with E-state index in [2.05, 4.69) is 184 Å². The van der Waals surface area contributed by atoms with Crippen molar-refractivity contribution in [3.05, 3.63) is 185 Å². The van der Waals surface area contributed by atoms with Crippen LogP contribution in [0, 0.1) is 14.9 Å². The van der Waals surface area contributed by atoms with Gasteiger partial charge in [0.2, 0.25) is 0 Å². The average molecular weight is 912 g/mol. The maximum atomic E-state index is 2.53. The molecular formula is C54H56HfSi. The summed E-state index contributed by atoms with van der Waals surface area (Å²) >= 11 is 0. The van der Waals surface area contributed by atoms with Crippen molar-refractivity contribution >= 4 is 40.0 Å². The second-order valence-corrected chi connectivity index (χ2v) is 19.1. The standard InChI is InChI=1S/C52H50Si.2CH3.Hf/c1-3-5-17-35-53(36-18-6-4-2,51-47-25-15-13-23-45(47)37-49(51)43-31-27-41(28-32-43)39-19-9-7-10-20-39)52-48-26-16-14-24-46(48)38-50(52)44-33-29-42(30-34-44)40-21-11-8-12-22-40;;;/h7-16,19-34,37-38H,3-6,17-18,35-36H2,1-2H3;2*1H3;/q-2;2*-1;+4. The summed E-state index contributed by atoms with van der Waals surface area (Å²) in [5, 5.41) is 8.99. The monoisotopic (exact) mass is 912 g/mol. The van der Waals surface area contributed by atoms with Gasteiger partial charge in [0.05, 0.1) is 0 Å². The van der Waals surface area contributed by atoms with E-state index in [0.29, 0.717) is 0 Å². The molecule has 0 aromatic heterocycles. The zero-order valence-electron chi connectivity index (χ0n) is 33.8. The Morgan fingerprint density at radius 1 is 0.375 bits per heavy atom. The van der Waals surface area contributed by atoms with E-state index in [1.54, 1.807) is 10.4 Å². The second-order valence-electron chi connectivity index (χ2n) is 14.9. The summed E-state index contributed by atoms with van der Waals surface area (Å²) in [5.74, 6) is 0. The maximum Gasteiger partial charge on any atom is 4.00 e. The molecule has 0 saturated carbocycles. The molecule has 0 radical (unpaired) electrons. The first-order valence-electron chi connectivity index (χ1n) is 19.9. The molecule has 0 spiro atoms. The van der Waals surface area contributed by atoms with Crippen molar-refractivity contribution in [2.45, 2.75) is 64.5 Å². The molecule has 0 atom stereocenters. The van der Waals surface area contributed by atoms with Crippen LogP contribution in [0.5, 0.6) is 0 Å². The normalized spacial score (nSPS) is 11.2. The first-order valence-corrected chi connectivity index (χ1v) is 22.3. The molecule has 0 saturated heterocycles. The fourth-order valence-electron chi connectivity index (χ4n) is 8.98. The summed E-state index contributed by atoms with van der Waals surface area (Å²) in [4.78, 5) is 0. The van der Waals surface area contributed by atoms with Gasteiger partial charge in [-0.15, -0.1) is 67.3 Å². The van der Waals surface area contributed by atoms with Gasteiger partial charge in [0, 0.05) is 8.07 Å². The molecule has 0 nitrogen and oxygen atoms in total. The van der Waals surface area contributed by atoms with Crippen LogP contribution >= 0.6 is 0 Å². The van der Waals surface area contributed by atoms with Crippen molar-refractivity contribution in [2.75, 3.05) is 0 Å². The van der Waals surface area contributed by atoms with Gasteiger partial charge in [-0.25, -0.2) is 0 Å². The van der Waals surface area contributed by atoms with E-state index in [9.17, 15) is 0 Å². The van der Waals surface area contributed by atoms with Gasteiger partial charge in [-0.1, -0.05) is 221 Å². The summed E-state index contributed by atoms with van der Waals surface area (Å²) in [6.45, 7) is 4.71. The fraction of sp³-hybridized carbons (Fsp3) is 0.185. The quantitative estimate of drug-likeness (QED) is 0.0579. The molecule has 8 aromatic carbocycles. The molecule has 0 fully saturated rings. The molecular weight excluding hydrogens is 855 g/mol. The van der Waals surface area contributed by atoms with Crippen LogP contribution in [-0.4, -0.2) is 8.07 Å². The number of hydrogen-bond donors (Lipinski definition) is 0. The molecule has 0 amide bonds. The Bertz CT molecular complexity index is 2220. The minimum atomic E-state index is -2.46. The van der Waals surface area contributed by atoms with Crippen LogP contribution < -0.4 is 10.4 Å². The molecule has 0 heterocycles. The van der Waals surface area contributed by atoms with E-state index in [1.807, 2.05) is 0 Å². The van der Waals surface area contributed by atoms with E-state index in [0.717, 1.165) is 0 Å². The Hall–Kier alpha value is -4.37. The summed E-state index contributed by atoms with van der Waals surface area (Å²) in [5.41, 5.74) is 10.6. The van der Waals surface area contributed by atoms with Gasteiger partial charge in [0.15, 0.2) is 0 Å². The first-order chi connectivity index (χ1) is 26.2. The largest absolute Gasteiger partial charge is 4.00 e. The average Bonchev–Trinajstić information content (AvgIpc) is 3.82. The zero-order valence-corrected chi connectivity index (χ0v) is 38.4. The Kier molecular flexibility index (Phi) is 15.0. The van der Waals surface area contributed by atoms with Crippen molar-refractivity contribution in [1.29, 1.82) is 0 Å². The Balaban J connectivity index is 0.00000200. The third-order valence-electron chi connectivity index (χ3n) is 11.6. The predicted molar refractivity (Wildman–Crippen MR) is 247 cm³/mol. The van der Waals surface area contributed by atoms with Crippen LogP contribution in [0.1, 0.15) is 52.4 Å². The summed E-state index contributed by atoms with van der Waals surface area (Å²) in [6, 6.07) is 66.7. The fourth-order valence-corrected chi connectivity index (χ4v) is 15.1. The van der Waals surface area contributed by atoms with Gasteiger partial charge in [-0.2, -0.15) is 0 Å². The zero-order chi connectivity index (χ0) is 36.0. The molecule has 0 aliphatic carbocycles. The van der Waals surface area contributed by atoms with Gasteiger partial charge in [0.1, 0.15) is 0 Å². The van der Waals surface area contributed by atoms with Crippen LogP contribution in [0.15, 0.2) is 170 Å². The van der Waals surface area contributed by atoms with Crippen molar-refractivity contribution in [3.8, 4) is 44.5 Å². The van der Waals surface area contributed by atoms with Crippen molar-refractivity contribution in [2.24, 2.45) is 0 Å². The minimum absolute atomic E-state index is 0. The van der Waals surface area contributed by atoms with Crippen molar-refractivity contribution < 1.29 is 25.8 Å². The molecule has 8 aromatic rings. The molecule has 2 heteroatoms. The van der Waals surface area contributed by atoms with Gasteiger partial charge in [-0.05, 0) is 22.3 Å². The molecule has 0 aliphatic rings. The molecule has 0 unspecified atom stereocenters. The van der Waals surface area contributed by atoms with E-state index in [-0.39, 0.29) is 40.7 Å². The van der Waals surface area contributed by atoms with E-state index >= 15 is 0 Å². The Morgan fingerprint density at radius 3 is 1.07 bits per heavy atom. The Labute approximate surface area is 357 Å². The number of rotatable bonds is 14. The molecule has 0 N–H and O–H groups in total. The number of hydrogen-bond acceptors (Lipinski definition) is 0. The first kappa shape index (κ1) is 42.8. The summed E-state index contributed by atoms with van der Waals surface area (Å²) in [7, 11) is -2.46. The topological polar surface area (TPSA) is 0 Å². The molecule has 8 rings (SSSR count). The number of fused-ring (bicyclic) bond motifs is 2. The molecule has 280 valence electrons. The third kappa shape index (κ3) is 8.48. The van der Waals surface area contributed by atoms with Crippen LogP contribution in [0.2, 0.25) is 12.1 Å². The van der Waals surface area contributed by atoms with Crippen molar-refractivity contribution in [3.63, 3.8) is 0 Å². The minimum Gasteiger partial charge on any atom is -0.358 e. The number of benzene rings is 6. The number of unbranched alkanes of at least 4 members (excludes halogenated alkanes) is 4. The van der Waals surface area contributed by atoms with Gasteiger partial charge < -0.3 is 14.9 Å².